The molecule has 0 aromatic heterocycles. The van der Waals surface area contributed by atoms with Crippen LogP contribution in [0.2, 0.25) is 0 Å². The van der Waals surface area contributed by atoms with Gasteiger partial charge in [-0.1, -0.05) is 34.6 Å². The predicted octanol–water partition coefficient (Wildman–Crippen LogP) is 2.99. The number of rotatable bonds is 5. The van der Waals surface area contributed by atoms with Gasteiger partial charge in [0.05, 0.1) is 29.5 Å². The summed E-state index contributed by atoms with van der Waals surface area (Å²) in [4.78, 5) is 13.3. The molecule has 0 aromatic carbocycles. The van der Waals surface area contributed by atoms with Gasteiger partial charge in [-0.15, -0.1) is 0 Å². The van der Waals surface area contributed by atoms with Crippen LogP contribution in [0, 0.1) is 40.4 Å². The Kier molecular flexibility index (Phi) is 6.47. The van der Waals surface area contributed by atoms with Gasteiger partial charge in [-0.3, -0.25) is 4.79 Å². The summed E-state index contributed by atoms with van der Waals surface area (Å²) in [7, 11) is 0. The van der Waals surface area contributed by atoms with Gasteiger partial charge >= 0.3 is 0 Å². The average Bonchev–Trinajstić information content (AvgIpc) is 3.02. The summed E-state index contributed by atoms with van der Waals surface area (Å²) in [5.74, 6) is -0.126. The van der Waals surface area contributed by atoms with Crippen LogP contribution in [-0.4, -0.2) is 60.8 Å². The number of fused-ring (bicyclic) bond motifs is 5. The van der Waals surface area contributed by atoms with Gasteiger partial charge < -0.3 is 25.5 Å². The Bertz CT molecular complexity index is 850. The molecular weight excluding hydrogens is 432 g/mol. The first kappa shape index (κ1) is 26.3. The van der Waals surface area contributed by atoms with Crippen LogP contribution in [0.15, 0.2) is 11.6 Å². The molecule has 1 unspecified atom stereocenters. The third kappa shape index (κ3) is 3.58. The molecule has 194 valence electrons. The molecule has 0 saturated heterocycles. The maximum atomic E-state index is 13.3. The Morgan fingerprint density at radius 3 is 2.35 bits per heavy atom. The van der Waals surface area contributed by atoms with Gasteiger partial charge in [0, 0.05) is 11.3 Å². The number of hydrogen-bond acceptors (Lipinski definition) is 6. The number of hydrogen-bond donors (Lipinski definition) is 5. The second-order valence-corrected chi connectivity index (χ2v) is 13.3. The van der Waals surface area contributed by atoms with Crippen LogP contribution >= 0.6 is 0 Å². The first-order valence-electron chi connectivity index (χ1n) is 13.3. The van der Waals surface area contributed by atoms with Crippen LogP contribution in [0.3, 0.4) is 0 Å². The molecule has 3 saturated carbocycles. The van der Waals surface area contributed by atoms with E-state index in [-0.39, 0.29) is 35.9 Å². The van der Waals surface area contributed by atoms with Crippen molar-refractivity contribution in [1.29, 1.82) is 0 Å². The molecule has 0 heterocycles. The van der Waals surface area contributed by atoms with E-state index in [0.717, 1.165) is 12.0 Å². The molecule has 3 fully saturated rings. The summed E-state index contributed by atoms with van der Waals surface area (Å²) < 4.78 is 0. The van der Waals surface area contributed by atoms with Crippen molar-refractivity contribution in [1.82, 2.24) is 0 Å². The highest BCUT2D eigenvalue weighted by Crippen LogP contribution is 2.68. The van der Waals surface area contributed by atoms with Gasteiger partial charge in [-0.25, -0.2) is 0 Å². The Balaban J connectivity index is 1.68. The topological polar surface area (TPSA) is 118 Å². The standard InChI is InChI=1S/C28H46O6/c1-15(2)16(3)11-24(32)27(6,33)23-8-10-28(34)18-12-20(29)19-13-21(30)22(31)14-25(19,4)17(18)7-9-26(23,28)5/h12,15-17,19,21-24,30-34H,7-11,13-14H2,1-6H3/t16?,17-,19-,21+,22-,23-,24+,25+,26+,27+,28+/m0/s1. The fourth-order valence-corrected chi connectivity index (χ4v) is 8.40. The second kappa shape index (κ2) is 8.37. The quantitative estimate of drug-likeness (QED) is 0.415. The van der Waals surface area contributed by atoms with E-state index in [9.17, 15) is 30.3 Å². The summed E-state index contributed by atoms with van der Waals surface area (Å²) in [5.41, 5.74) is -3.03. The van der Waals surface area contributed by atoms with Gasteiger partial charge in [0.25, 0.3) is 0 Å². The van der Waals surface area contributed by atoms with Crippen LogP contribution in [0.25, 0.3) is 0 Å². The number of aliphatic hydroxyl groups excluding tert-OH is 3. The van der Waals surface area contributed by atoms with Crippen LogP contribution in [0.5, 0.6) is 0 Å². The van der Waals surface area contributed by atoms with Crippen molar-refractivity contribution < 1.29 is 30.3 Å². The summed E-state index contributed by atoms with van der Waals surface area (Å²) in [5, 5.41) is 55.8. The molecule has 4 rings (SSSR count). The van der Waals surface area contributed by atoms with Crippen molar-refractivity contribution in [2.24, 2.45) is 40.4 Å². The highest BCUT2D eigenvalue weighted by atomic mass is 16.3. The number of carbonyl (C=O) groups is 1. The molecule has 5 N–H and O–H groups in total. The molecule has 0 aliphatic heterocycles. The number of aliphatic hydroxyl groups is 5. The van der Waals surface area contributed by atoms with Gasteiger partial charge in [-0.2, -0.15) is 0 Å². The molecule has 34 heavy (non-hydrogen) atoms. The van der Waals surface area contributed by atoms with E-state index in [0.29, 0.717) is 38.0 Å². The summed E-state index contributed by atoms with van der Waals surface area (Å²) in [6.07, 6.45) is 2.51. The normalized spacial score (nSPS) is 47.8. The first-order chi connectivity index (χ1) is 15.6. The van der Waals surface area contributed by atoms with Crippen LogP contribution in [0.1, 0.15) is 86.5 Å². The van der Waals surface area contributed by atoms with E-state index in [1.165, 1.54) is 0 Å². The van der Waals surface area contributed by atoms with Gasteiger partial charge in [-0.05, 0) is 92.6 Å². The summed E-state index contributed by atoms with van der Waals surface area (Å²) in [6, 6.07) is 0. The third-order valence-corrected chi connectivity index (χ3v) is 11.2. The maximum absolute atomic E-state index is 13.3. The Labute approximate surface area is 204 Å². The van der Waals surface area contributed by atoms with E-state index in [1.807, 2.05) is 13.8 Å². The van der Waals surface area contributed by atoms with Crippen molar-refractivity contribution in [2.75, 3.05) is 0 Å². The minimum Gasteiger partial charge on any atom is -0.390 e. The lowest BCUT2D eigenvalue weighted by molar-refractivity contribution is -0.177. The number of allylic oxidation sites excluding steroid dienone is 1. The van der Waals surface area contributed by atoms with Crippen LogP contribution in [0.4, 0.5) is 0 Å². The van der Waals surface area contributed by atoms with E-state index in [2.05, 4.69) is 20.8 Å². The van der Waals surface area contributed by atoms with Crippen molar-refractivity contribution in [2.45, 2.75) is 116 Å². The second-order valence-electron chi connectivity index (χ2n) is 13.3. The lowest BCUT2D eigenvalue weighted by Gasteiger charge is -2.60. The number of carbonyl (C=O) groups excluding carboxylic acids is 1. The number of ketones is 1. The zero-order valence-corrected chi connectivity index (χ0v) is 21.8. The molecule has 11 atom stereocenters. The zero-order chi connectivity index (χ0) is 25.4. The Hall–Kier alpha value is -0.790. The molecule has 0 spiro atoms. The molecule has 6 nitrogen and oxygen atoms in total. The lowest BCUT2D eigenvalue weighted by Crippen LogP contribution is -2.62. The molecule has 4 aliphatic rings. The fraction of sp³-hybridized carbons (Fsp3) is 0.893. The molecular formula is C28H46O6. The third-order valence-electron chi connectivity index (χ3n) is 11.2. The van der Waals surface area contributed by atoms with Crippen molar-refractivity contribution in [3.8, 4) is 0 Å². The van der Waals surface area contributed by atoms with Crippen molar-refractivity contribution in [3.63, 3.8) is 0 Å². The summed E-state index contributed by atoms with van der Waals surface area (Å²) >= 11 is 0. The molecule has 4 aliphatic carbocycles. The predicted molar refractivity (Wildman–Crippen MR) is 130 cm³/mol. The minimum atomic E-state index is -1.36. The average molecular weight is 479 g/mol. The molecule has 0 amide bonds. The van der Waals surface area contributed by atoms with Gasteiger partial charge in [0.15, 0.2) is 5.78 Å². The van der Waals surface area contributed by atoms with Crippen molar-refractivity contribution in [3.05, 3.63) is 11.6 Å². The molecule has 6 heteroatoms. The summed E-state index contributed by atoms with van der Waals surface area (Å²) in [6.45, 7) is 12.1. The maximum Gasteiger partial charge on any atom is 0.159 e. The SMILES string of the molecule is CC(C)C(C)C[C@@H](O)[C@](C)(O)[C@H]1CC[C@@]2(O)C3=CC(=O)[C@@H]4C[C@@H](O)[C@@H](O)C[C@]4(C)[C@H]3CC[C@]12C. The fourth-order valence-electron chi connectivity index (χ4n) is 8.40. The van der Waals surface area contributed by atoms with E-state index in [4.69, 9.17) is 0 Å². The lowest BCUT2D eigenvalue weighted by atomic mass is 9.45. The minimum absolute atomic E-state index is 0.0509. The monoisotopic (exact) mass is 478 g/mol. The first-order valence-corrected chi connectivity index (χ1v) is 13.3. The molecule has 0 bridgehead atoms. The molecule has 0 radical (unpaired) electrons. The Morgan fingerprint density at radius 2 is 1.74 bits per heavy atom. The van der Waals surface area contributed by atoms with Crippen LogP contribution in [-0.2, 0) is 4.79 Å². The highest BCUT2D eigenvalue weighted by molar-refractivity contribution is 5.95. The van der Waals surface area contributed by atoms with Crippen LogP contribution < -0.4 is 0 Å². The van der Waals surface area contributed by atoms with Gasteiger partial charge in [0.1, 0.15) is 0 Å². The smallest absolute Gasteiger partial charge is 0.159 e. The zero-order valence-electron chi connectivity index (χ0n) is 21.8. The van der Waals surface area contributed by atoms with Gasteiger partial charge in [0.2, 0.25) is 0 Å². The van der Waals surface area contributed by atoms with E-state index >= 15 is 0 Å². The van der Waals surface area contributed by atoms with E-state index < -0.39 is 40.3 Å². The largest absolute Gasteiger partial charge is 0.390 e. The molecule has 0 aromatic rings. The van der Waals surface area contributed by atoms with E-state index in [1.54, 1.807) is 13.0 Å². The van der Waals surface area contributed by atoms with Crippen molar-refractivity contribution >= 4 is 5.78 Å². The Morgan fingerprint density at radius 1 is 1.09 bits per heavy atom. The highest BCUT2D eigenvalue weighted by Gasteiger charge is 2.69.